The quantitative estimate of drug-likeness (QED) is 0.542. The molecule has 0 saturated heterocycles. The molecule has 0 bridgehead atoms. The second-order valence-corrected chi connectivity index (χ2v) is 7.93. The van der Waals surface area contributed by atoms with Crippen molar-refractivity contribution in [1.29, 1.82) is 0 Å². The molecular formula is C24H30N4. The van der Waals surface area contributed by atoms with Gasteiger partial charge in [0.25, 0.3) is 0 Å². The molecule has 0 spiro atoms. The summed E-state index contributed by atoms with van der Waals surface area (Å²) in [4.78, 5) is 2.56. The first-order chi connectivity index (χ1) is 13.7. The Kier molecular flexibility index (Phi) is 5.21. The van der Waals surface area contributed by atoms with Crippen molar-refractivity contribution in [3.05, 3.63) is 54.1 Å². The minimum atomic E-state index is 0.303. The van der Waals surface area contributed by atoms with Crippen LogP contribution in [0, 0.1) is 0 Å². The zero-order chi connectivity index (χ0) is 19.7. The van der Waals surface area contributed by atoms with E-state index >= 15 is 0 Å². The van der Waals surface area contributed by atoms with E-state index in [1.54, 1.807) is 0 Å². The highest BCUT2D eigenvalue weighted by atomic mass is 15.4. The second-order valence-electron chi connectivity index (χ2n) is 7.93. The summed E-state index contributed by atoms with van der Waals surface area (Å²) in [5.41, 5.74) is 7.19. The van der Waals surface area contributed by atoms with Crippen LogP contribution in [0.1, 0.15) is 58.6 Å². The molecule has 1 aliphatic heterocycles. The van der Waals surface area contributed by atoms with Crippen LogP contribution in [-0.4, -0.2) is 21.0 Å². The Hall–Kier alpha value is -2.62. The van der Waals surface area contributed by atoms with E-state index < -0.39 is 0 Å². The number of hydrogen-bond donors (Lipinski definition) is 0. The zero-order valence-corrected chi connectivity index (χ0v) is 17.4. The van der Waals surface area contributed by atoms with E-state index in [4.69, 9.17) is 0 Å². The Morgan fingerprint density at radius 2 is 1.64 bits per heavy atom. The number of rotatable bonds is 5. The van der Waals surface area contributed by atoms with Crippen LogP contribution in [0.25, 0.3) is 22.5 Å². The van der Waals surface area contributed by atoms with Crippen LogP contribution in [-0.2, 0) is 6.54 Å². The fourth-order valence-electron chi connectivity index (χ4n) is 4.26. The van der Waals surface area contributed by atoms with Crippen molar-refractivity contribution in [2.24, 2.45) is 0 Å². The standard InChI is InChI=1S/C24H30N4/c1-5-11-18(4)27-16-19-12-7-8-13-20(19)23-24(21-14-9-10-15-22(21)27)28(26-25-23)17(3)6-2/h7-10,12-15,17-18H,5-6,11,16H2,1-4H3. The Morgan fingerprint density at radius 1 is 0.929 bits per heavy atom. The molecule has 2 heterocycles. The Balaban J connectivity index is 2.02. The van der Waals surface area contributed by atoms with Gasteiger partial charge in [0, 0.05) is 29.4 Å². The molecule has 28 heavy (non-hydrogen) atoms. The summed E-state index contributed by atoms with van der Waals surface area (Å²) >= 11 is 0. The van der Waals surface area contributed by atoms with Crippen LogP contribution in [0.5, 0.6) is 0 Å². The molecule has 1 aromatic heterocycles. The molecule has 2 aromatic carbocycles. The van der Waals surface area contributed by atoms with E-state index in [-0.39, 0.29) is 0 Å². The van der Waals surface area contributed by atoms with Gasteiger partial charge in [-0.2, -0.15) is 0 Å². The summed E-state index contributed by atoms with van der Waals surface area (Å²) in [6.07, 6.45) is 3.38. The van der Waals surface area contributed by atoms with E-state index in [0.29, 0.717) is 12.1 Å². The number of para-hydroxylation sites is 1. The van der Waals surface area contributed by atoms with E-state index in [1.807, 2.05) is 0 Å². The van der Waals surface area contributed by atoms with Crippen molar-refractivity contribution in [2.75, 3.05) is 4.90 Å². The summed E-state index contributed by atoms with van der Waals surface area (Å²) in [7, 11) is 0. The minimum absolute atomic E-state index is 0.303. The topological polar surface area (TPSA) is 34.0 Å². The van der Waals surface area contributed by atoms with Gasteiger partial charge >= 0.3 is 0 Å². The molecule has 0 amide bonds. The van der Waals surface area contributed by atoms with E-state index in [9.17, 15) is 0 Å². The highest BCUT2D eigenvalue weighted by Crippen LogP contribution is 2.42. The maximum atomic E-state index is 4.67. The summed E-state index contributed by atoms with van der Waals surface area (Å²) in [6, 6.07) is 18.2. The summed E-state index contributed by atoms with van der Waals surface area (Å²) in [5, 5.41) is 9.27. The molecule has 0 N–H and O–H groups in total. The molecule has 0 radical (unpaired) electrons. The predicted octanol–water partition coefficient (Wildman–Crippen LogP) is 6.09. The van der Waals surface area contributed by atoms with Crippen LogP contribution < -0.4 is 4.90 Å². The normalized spacial score (nSPS) is 15.1. The third-order valence-corrected chi connectivity index (χ3v) is 6.02. The van der Waals surface area contributed by atoms with Gasteiger partial charge in [0.1, 0.15) is 5.69 Å². The lowest BCUT2D eigenvalue weighted by molar-refractivity contribution is 0.469. The van der Waals surface area contributed by atoms with Crippen molar-refractivity contribution in [3.8, 4) is 22.5 Å². The molecule has 2 atom stereocenters. The molecule has 0 aliphatic carbocycles. The molecule has 4 rings (SSSR count). The smallest absolute Gasteiger partial charge is 0.121 e. The average Bonchev–Trinajstić information content (AvgIpc) is 3.15. The van der Waals surface area contributed by atoms with Gasteiger partial charge in [-0.1, -0.05) is 67.9 Å². The van der Waals surface area contributed by atoms with E-state index in [1.165, 1.54) is 35.2 Å². The molecule has 146 valence electrons. The number of nitrogens with zero attached hydrogens (tertiary/aromatic N) is 4. The largest absolute Gasteiger partial charge is 0.364 e. The fraction of sp³-hybridized carbons (Fsp3) is 0.417. The number of hydrogen-bond acceptors (Lipinski definition) is 3. The molecule has 4 heteroatoms. The Labute approximate surface area is 168 Å². The first-order valence-electron chi connectivity index (χ1n) is 10.5. The molecule has 2 unspecified atom stereocenters. The van der Waals surface area contributed by atoms with Crippen LogP contribution in [0.3, 0.4) is 0 Å². The summed E-state index contributed by atoms with van der Waals surface area (Å²) in [5.74, 6) is 0. The number of fused-ring (bicyclic) bond motifs is 5. The van der Waals surface area contributed by atoms with E-state index in [0.717, 1.165) is 24.4 Å². The Bertz CT molecular complexity index is 959. The predicted molar refractivity (Wildman–Crippen MR) is 116 cm³/mol. The van der Waals surface area contributed by atoms with Crippen molar-refractivity contribution < 1.29 is 0 Å². The van der Waals surface area contributed by atoms with Gasteiger partial charge in [0.05, 0.1) is 11.7 Å². The SMILES string of the molecule is CCCC(C)N1Cc2ccccc2-c2nnn(C(C)CC)c2-c2ccccc21. The maximum Gasteiger partial charge on any atom is 0.121 e. The monoisotopic (exact) mass is 374 g/mol. The highest BCUT2D eigenvalue weighted by molar-refractivity contribution is 5.88. The van der Waals surface area contributed by atoms with Crippen LogP contribution >= 0.6 is 0 Å². The van der Waals surface area contributed by atoms with Crippen molar-refractivity contribution >= 4 is 5.69 Å². The maximum absolute atomic E-state index is 4.67. The first kappa shape index (κ1) is 18.7. The van der Waals surface area contributed by atoms with Crippen molar-refractivity contribution in [2.45, 2.75) is 65.6 Å². The lowest BCUT2D eigenvalue weighted by Crippen LogP contribution is -2.33. The molecule has 4 nitrogen and oxygen atoms in total. The van der Waals surface area contributed by atoms with Crippen molar-refractivity contribution in [3.63, 3.8) is 0 Å². The lowest BCUT2D eigenvalue weighted by atomic mass is 9.94. The number of aromatic nitrogens is 3. The summed E-state index contributed by atoms with van der Waals surface area (Å²) < 4.78 is 2.12. The lowest BCUT2D eigenvalue weighted by Gasteiger charge is -2.35. The second kappa shape index (κ2) is 7.78. The van der Waals surface area contributed by atoms with Gasteiger partial charge < -0.3 is 4.90 Å². The zero-order valence-electron chi connectivity index (χ0n) is 17.4. The van der Waals surface area contributed by atoms with Crippen molar-refractivity contribution in [1.82, 2.24) is 15.0 Å². The Morgan fingerprint density at radius 3 is 2.39 bits per heavy atom. The molecule has 0 fully saturated rings. The van der Waals surface area contributed by atoms with Crippen LogP contribution in [0.2, 0.25) is 0 Å². The third-order valence-electron chi connectivity index (χ3n) is 6.02. The molecule has 1 aliphatic rings. The first-order valence-corrected chi connectivity index (χ1v) is 10.5. The number of benzene rings is 2. The van der Waals surface area contributed by atoms with Crippen LogP contribution in [0.4, 0.5) is 5.69 Å². The summed E-state index contributed by atoms with van der Waals surface area (Å²) in [6.45, 7) is 9.93. The van der Waals surface area contributed by atoms with Gasteiger partial charge in [-0.25, -0.2) is 4.68 Å². The average molecular weight is 375 g/mol. The van der Waals surface area contributed by atoms with Gasteiger partial charge in [-0.05, 0) is 38.3 Å². The van der Waals surface area contributed by atoms with Gasteiger partial charge in [0.15, 0.2) is 0 Å². The van der Waals surface area contributed by atoms with E-state index in [2.05, 4.69) is 96.1 Å². The fourth-order valence-corrected chi connectivity index (χ4v) is 4.26. The number of anilines is 1. The molecule has 3 aromatic rings. The molecular weight excluding hydrogens is 344 g/mol. The minimum Gasteiger partial charge on any atom is -0.364 e. The van der Waals surface area contributed by atoms with Crippen LogP contribution in [0.15, 0.2) is 48.5 Å². The highest BCUT2D eigenvalue weighted by Gasteiger charge is 2.28. The molecule has 0 saturated carbocycles. The van der Waals surface area contributed by atoms with Gasteiger partial charge in [0.2, 0.25) is 0 Å². The third kappa shape index (κ3) is 3.11. The van der Waals surface area contributed by atoms with Gasteiger partial charge in [-0.15, -0.1) is 5.10 Å². The van der Waals surface area contributed by atoms with Gasteiger partial charge in [-0.3, -0.25) is 0 Å².